The standard InChI is InChI=1S/C60H38/c1-2-9-49-41(5-1)6-4-10-52(49)53-33-27-48-29-35-55-51(32-26-47-30-36-56(53)60(48)59(47)55)43-21-17-40(18-22-43)38-13-11-37(12-14-38)39-15-19-42(20-16-39)50-31-25-46-24-23-44-7-3-8-45-28-34-54(50)58(46)57(44)45/h1-6,8-23,25-36H,7,24H2. The van der Waals surface area contributed by atoms with E-state index in [-0.39, 0.29) is 0 Å². The molecule has 0 atom stereocenters. The molecule has 0 bridgehead atoms. The van der Waals surface area contributed by atoms with E-state index in [0.29, 0.717) is 0 Å². The first-order valence-electron chi connectivity index (χ1n) is 21.2. The molecule has 2 aliphatic rings. The van der Waals surface area contributed by atoms with E-state index in [4.69, 9.17) is 0 Å². The molecule has 0 fully saturated rings. The van der Waals surface area contributed by atoms with E-state index >= 15 is 0 Å². The van der Waals surface area contributed by atoms with Crippen molar-refractivity contribution >= 4 is 65.5 Å². The van der Waals surface area contributed by atoms with Gasteiger partial charge in [0.05, 0.1) is 0 Å². The number of hydrogen-bond acceptors (Lipinski definition) is 0. The Hall–Kier alpha value is -7.54. The maximum absolute atomic E-state index is 2.43. The van der Waals surface area contributed by atoms with E-state index in [0.717, 1.165) is 12.8 Å². The Balaban J connectivity index is 0.804. The first kappa shape index (κ1) is 33.4. The Morgan fingerprint density at radius 3 is 1.47 bits per heavy atom. The maximum atomic E-state index is 2.43. The number of hydrogen-bond donors (Lipinski definition) is 0. The number of fused-ring (bicyclic) bond motifs is 1. The highest BCUT2D eigenvalue weighted by Crippen LogP contribution is 2.45. The highest BCUT2D eigenvalue weighted by atomic mass is 14.3. The molecule has 278 valence electrons. The largest absolute Gasteiger partial charge is 0.0795 e. The summed E-state index contributed by atoms with van der Waals surface area (Å²) in [5.41, 5.74) is 18.3. The smallest absolute Gasteiger partial charge is 0.00203 e. The van der Waals surface area contributed by atoms with Crippen LogP contribution >= 0.6 is 0 Å². The van der Waals surface area contributed by atoms with Gasteiger partial charge in [0, 0.05) is 0 Å². The van der Waals surface area contributed by atoms with Crippen LogP contribution in [-0.2, 0) is 6.42 Å². The summed E-state index contributed by atoms with van der Waals surface area (Å²) in [4.78, 5) is 0. The van der Waals surface area contributed by atoms with Gasteiger partial charge in [-0.05, 0) is 145 Å². The van der Waals surface area contributed by atoms with Gasteiger partial charge in [0.15, 0.2) is 0 Å². The van der Waals surface area contributed by atoms with Crippen LogP contribution in [0.4, 0.5) is 0 Å². The maximum Gasteiger partial charge on any atom is -0.00203 e. The minimum Gasteiger partial charge on any atom is -0.0795 e. The SMILES string of the molecule is C1=Cc2ccc3c(-c4ccc(-c5ccc(-c6ccc(-c7ccc8ccc9c(-c%10cccc%11ccccc%10%11)ccc%10ccc7c8c%109)cc6)cc5)cc4)ccc4c3c2C(=CC4)C1. The quantitative estimate of drug-likeness (QED) is 0.153. The molecule has 0 heterocycles. The Morgan fingerprint density at radius 1 is 0.300 bits per heavy atom. The Kier molecular flexibility index (Phi) is 7.23. The Labute approximate surface area is 349 Å². The predicted octanol–water partition coefficient (Wildman–Crippen LogP) is 16.6. The van der Waals surface area contributed by atoms with Gasteiger partial charge in [-0.25, -0.2) is 0 Å². The second-order valence-corrected chi connectivity index (χ2v) is 16.7. The lowest BCUT2D eigenvalue weighted by Gasteiger charge is -2.24. The van der Waals surface area contributed by atoms with Crippen molar-refractivity contribution in [1.29, 1.82) is 0 Å². The Morgan fingerprint density at radius 2 is 0.800 bits per heavy atom. The molecule has 0 nitrogen and oxygen atoms in total. The summed E-state index contributed by atoms with van der Waals surface area (Å²) in [7, 11) is 0. The molecule has 0 N–H and O–H groups in total. The number of allylic oxidation sites excluding steroid dienone is 3. The summed E-state index contributed by atoms with van der Waals surface area (Å²) < 4.78 is 0. The van der Waals surface area contributed by atoms with Crippen molar-refractivity contribution in [3.63, 3.8) is 0 Å². The highest BCUT2D eigenvalue weighted by molar-refractivity contribution is 6.28. The van der Waals surface area contributed by atoms with Gasteiger partial charge >= 0.3 is 0 Å². The lowest BCUT2D eigenvalue weighted by Crippen LogP contribution is -2.03. The summed E-state index contributed by atoms with van der Waals surface area (Å²) in [6.07, 6.45) is 9.07. The topological polar surface area (TPSA) is 0 Å². The van der Waals surface area contributed by atoms with Crippen LogP contribution in [0.2, 0.25) is 0 Å². The van der Waals surface area contributed by atoms with Gasteiger partial charge in [0.2, 0.25) is 0 Å². The molecule has 0 unspecified atom stereocenters. The molecule has 0 heteroatoms. The van der Waals surface area contributed by atoms with Gasteiger partial charge in [-0.15, -0.1) is 0 Å². The van der Waals surface area contributed by atoms with Crippen molar-refractivity contribution in [2.75, 3.05) is 0 Å². The zero-order chi connectivity index (χ0) is 39.3. The first-order chi connectivity index (χ1) is 29.7. The van der Waals surface area contributed by atoms with E-state index in [1.54, 1.807) is 0 Å². The van der Waals surface area contributed by atoms with Gasteiger partial charge in [0.25, 0.3) is 0 Å². The summed E-state index contributed by atoms with van der Waals surface area (Å²) in [6, 6.07) is 70.5. The van der Waals surface area contributed by atoms with Crippen LogP contribution in [0.3, 0.4) is 0 Å². The van der Waals surface area contributed by atoms with E-state index in [2.05, 4.69) is 206 Å². The molecular weight excluding hydrogens is 721 g/mol. The van der Waals surface area contributed by atoms with Crippen LogP contribution in [0, 0.1) is 0 Å². The molecule has 0 amide bonds. The average molecular weight is 759 g/mol. The van der Waals surface area contributed by atoms with E-state index in [1.807, 2.05) is 0 Å². The molecule has 0 aliphatic heterocycles. The van der Waals surface area contributed by atoms with Gasteiger partial charge in [0.1, 0.15) is 0 Å². The van der Waals surface area contributed by atoms with Crippen molar-refractivity contribution in [3.05, 3.63) is 217 Å². The zero-order valence-corrected chi connectivity index (χ0v) is 33.0. The van der Waals surface area contributed by atoms with Gasteiger partial charge in [-0.3, -0.25) is 0 Å². The predicted molar refractivity (Wildman–Crippen MR) is 258 cm³/mol. The molecule has 0 aromatic heterocycles. The molecule has 0 saturated heterocycles. The third-order valence-corrected chi connectivity index (χ3v) is 13.5. The lowest BCUT2D eigenvalue weighted by atomic mass is 9.80. The van der Waals surface area contributed by atoms with Crippen molar-refractivity contribution in [2.24, 2.45) is 0 Å². The van der Waals surface area contributed by atoms with E-state index in [9.17, 15) is 0 Å². The third-order valence-electron chi connectivity index (χ3n) is 13.5. The summed E-state index contributed by atoms with van der Waals surface area (Å²) in [5.74, 6) is 0. The van der Waals surface area contributed by atoms with Crippen LogP contribution in [0.5, 0.6) is 0 Å². The monoisotopic (exact) mass is 758 g/mol. The van der Waals surface area contributed by atoms with Crippen LogP contribution in [-0.4, -0.2) is 0 Å². The van der Waals surface area contributed by atoms with Crippen molar-refractivity contribution in [3.8, 4) is 55.6 Å². The molecule has 13 rings (SSSR count). The van der Waals surface area contributed by atoms with E-state index < -0.39 is 0 Å². The van der Waals surface area contributed by atoms with Gasteiger partial charge in [-0.2, -0.15) is 0 Å². The van der Waals surface area contributed by atoms with Gasteiger partial charge in [-0.1, -0.05) is 206 Å². The van der Waals surface area contributed by atoms with Crippen LogP contribution < -0.4 is 0 Å². The number of rotatable bonds is 5. The molecule has 11 aromatic carbocycles. The molecule has 0 spiro atoms. The van der Waals surface area contributed by atoms with Crippen molar-refractivity contribution in [1.82, 2.24) is 0 Å². The molecule has 60 heavy (non-hydrogen) atoms. The second kappa shape index (κ2) is 13.0. The molecule has 0 radical (unpaired) electrons. The fraction of sp³-hybridized carbons (Fsp3) is 0.0333. The average Bonchev–Trinajstić information content (AvgIpc) is 3.32. The van der Waals surface area contributed by atoms with Crippen molar-refractivity contribution in [2.45, 2.75) is 12.8 Å². The molecule has 2 aliphatic carbocycles. The molecule has 11 aromatic rings. The van der Waals surface area contributed by atoms with Crippen LogP contribution in [0.15, 0.2) is 200 Å². The van der Waals surface area contributed by atoms with Crippen molar-refractivity contribution < 1.29 is 0 Å². The highest BCUT2D eigenvalue weighted by Gasteiger charge is 2.21. The minimum absolute atomic E-state index is 1.02. The summed E-state index contributed by atoms with van der Waals surface area (Å²) >= 11 is 0. The van der Waals surface area contributed by atoms with Crippen LogP contribution in [0.25, 0.3) is 121 Å². The second-order valence-electron chi connectivity index (χ2n) is 16.7. The molecule has 0 saturated carbocycles. The van der Waals surface area contributed by atoms with E-state index in [1.165, 1.54) is 132 Å². The Bertz CT molecular complexity index is 3590. The normalized spacial score (nSPS) is 13.2. The first-order valence-corrected chi connectivity index (χ1v) is 21.2. The zero-order valence-electron chi connectivity index (χ0n) is 33.0. The molecular formula is C60H38. The third kappa shape index (κ3) is 5.04. The van der Waals surface area contributed by atoms with Crippen LogP contribution in [0.1, 0.15) is 23.1 Å². The minimum atomic E-state index is 1.02. The lowest BCUT2D eigenvalue weighted by molar-refractivity contribution is 1.23. The number of benzene rings is 11. The van der Waals surface area contributed by atoms with Gasteiger partial charge < -0.3 is 0 Å². The fourth-order valence-corrected chi connectivity index (χ4v) is 10.6. The summed E-state index contributed by atoms with van der Waals surface area (Å²) in [6.45, 7) is 0. The fourth-order valence-electron chi connectivity index (χ4n) is 10.6. The summed E-state index contributed by atoms with van der Waals surface area (Å²) in [5, 5.41) is 13.2.